The van der Waals surface area contributed by atoms with E-state index in [4.69, 9.17) is 0 Å². The highest BCUT2D eigenvalue weighted by Crippen LogP contribution is 2.68. The fraction of sp³-hybridized carbons (Fsp3) is 0.538. The van der Waals surface area contributed by atoms with E-state index in [0.717, 1.165) is 44.8 Å². The maximum atomic E-state index is 12.7. The number of rotatable bonds is 5. The number of benzene rings is 1. The molecule has 0 amide bonds. The molecular formula is C13H19N4O2PS. The van der Waals surface area contributed by atoms with Crippen LogP contribution in [0.3, 0.4) is 0 Å². The van der Waals surface area contributed by atoms with E-state index >= 15 is 0 Å². The summed E-state index contributed by atoms with van der Waals surface area (Å²) in [6.07, 6.45) is 0. The first-order valence-corrected chi connectivity index (χ1v) is 10.3. The zero-order chi connectivity index (χ0) is 14.7. The molecule has 0 aliphatic carbocycles. The van der Waals surface area contributed by atoms with Gasteiger partial charge >= 0.3 is 0 Å². The normalized spacial score (nSPS) is 23.1. The van der Waals surface area contributed by atoms with Crippen LogP contribution in [-0.4, -0.2) is 61.7 Å². The van der Waals surface area contributed by atoms with Gasteiger partial charge in [-0.3, -0.25) is 0 Å². The van der Waals surface area contributed by atoms with Crippen molar-refractivity contribution < 1.29 is 8.42 Å². The van der Waals surface area contributed by atoms with Crippen LogP contribution in [0.4, 0.5) is 0 Å². The molecule has 8 heteroatoms. The molecule has 0 unspecified atom stereocenters. The molecule has 0 radical (unpaired) electrons. The second kappa shape index (κ2) is 4.64. The van der Waals surface area contributed by atoms with E-state index in [1.54, 1.807) is 12.1 Å². The van der Waals surface area contributed by atoms with E-state index in [-0.39, 0.29) is 0 Å². The van der Waals surface area contributed by atoms with Gasteiger partial charge in [0.2, 0.25) is 0 Å². The van der Waals surface area contributed by atoms with Crippen molar-refractivity contribution in [2.45, 2.75) is 11.8 Å². The molecule has 0 N–H and O–H groups in total. The fourth-order valence-electron chi connectivity index (χ4n) is 2.53. The molecule has 0 bridgehead atoms. The van der Waals surface area contributed by atoms with Crippen molar-refractivity contribution in [3.05, 3.63) is 29.8 Å². The van der Waals surface area contributed by atoms with Crippen LogP contribution in [0.5, 0.6) is 0 Å². The Balaban J connectivity index is 1.81. The van der Waals surface area contributed by atoms with Gasteiger partial charge in [-0.15, -0.1) is 4.15 Å². The second-order valence-corrected chi connectivity index (χ2v) is 10.6. The molecule has 0 atom stereocenters. The third-order valence-corrected chi connectivity index (χ3v) is 10.0. The molecule has 1 aromatic rings. The second-order valence-electron chi connectivity index (χ2n) is 5.77. The van der Waals surface area contributed by atoms with E-state index in [1.165, 1.54) is 0 Å². The SMILES string of the molecule is Cc1ccc(S(=O)(=O)N=P(N2CC2)(N2CC2)N2CC2)cc1. The highest BCUT2D eigenvalue weighted by Gasteiger charge is 2.54. The Morgan fingerprint density at radius 2 is 1.33 bits per heavy atom. The van der Waals surface area contributed by atoms with Crippen molar-refractivity contribution in [3.63, 3.8) is 0 Å². The van der Waals surface area contributed by atoms with Gasteiger partial charge in [0.25, 0.3) is 10.0 Å². The number of sulfonamides is 1. The Labute approximate surface area is 125 Å². The smallest absolute Gasteiger partial charge is 0.242 e. The van der Waals surface area contributed by atoms with Crippen molar-refractivity contribution in [1.29, 1.82) is 0 Å². The molecule has 4 rings (SSSR count). The molecule has 3 heterocycles. The molecule has 21 heavy (non-hydrogen) atoms. The lowest BCUT2D eigenvalue weighted by molar-refractivity contribution is 0.595. The summed E-state index contributed by atoms with van der Waals surface area (Å²) >= 11 is 0. The van der Waals surface area contributed by atoms with Gasteiger partial charge in [0.1, 0.15) is 0 Å². The first-order chi connectivity index (χ1) is 10.0. The third kappa shape index (κ3) is 2.47. The summed E-state index contributed by atoms with van der Waals surface area (Å²) in [5.41, 5.74) is 1.05. The summed E-state index contributed by atoms with van der Waals surface area (Å²) in [6.45, 7) is 7.75. The van der Waals surface area contributed by atoms with E-state index in [2.05, 4.69) is 18.2 Å². The van der Waals surface area contributed by atoms with Crippen LogP contribution in [0.15, 0.2) is 33.3 Å². The Morgan fingerprint density at radius 3 is 1.71 bits per heavy atom. The van der Waals surface area contributed by atoms with E-state index in [1.807, 2.05) is 19.1 Å². The molecule has 3 aliphatic rings. The van der Waals surface area contributed by atoms with Crippen LogP contribution in [0, 0.1) is 6.92 Å². The van der Waals surface area contributed by atoms with E-state index in [9.17, 15) is 8.42 Å². The number of nitrogens with zero attached hydrogens (tertiary/aromatic N) is 4. The summed E-state index contributed by atoms with van der Waals surface area (Å²) in [5, 5.41) is 0. The van der Waals surface area contributed by atoms with Crippen LogP contribution in [-0.2, 0) is 10.0 Å². The molecule has 6 nitrogen and oxygen atoms in total. The largest absolute Gasteiger partial charge is 0.284 e. The molecule has 0 spiro atoms. The van der Waals surface area contributed by atoms with Gasteiger partial charge in [-0.25, -0.2) is 14.0 Å². The van der Waals surface area contributed by atoms with Crippen molar-refractivity contribution in [1.82, 2.24) is 14.0 Å². The minimum Gasteiger partial charge on any atom is -0.242 e. The molecular weight excluding hydrogens is 307 g/mol. The molecule has 3 aliphatic heterocycles. The van der Waals surface area contributed by atoms with Crippen molar-refractivity contribution in [2.75, 3.05) is 39.3 Å². The molecule has 0 saturated carbocycles. The van der Waals surface area contributed by atoms with Crippen LogP contribution in [0.1, 0.15) is 5.56 Å². The van der Waals surface area contributed by atoms with Crippen LogP contribution < -0.4 is 0 Å². The van der Waals surface area contributed by atoms with Gasteiger partial charge < -0.3 is 0 Å². The van der Waals surface area contributed by atoms with Gasteiger partial charge in [-0.2, -0.15) is 8.42 Å². The molecule has 114 valence electrons. The zero-order valence-electron chi connectivity index (χ0n) is 12.0. The highest BCUT2D eigenvalue weighted by molar-refractivity contribution is 7.93. The summed E-state index contributed by atoms with van der Waals surface area (Å²) in [5.74, 6) is 0. The minimum atomic E-state index is -3.60. The van der Waals surface area contributed by atoms with Gasteiger partial charge in [-0.1, -0.05) is 17.7 Å². The van der Waals surface area contributed by atoms with Crippen LogP contribution in [0.25, 0.3) is 0 Å². The fourth-order valence-corrected chi connectivity index (χ4v) is 8.73. The lowest BCUT2D eigenvalue weighted by atomic mass is 10.2. The Kier molecular flexibility index (Phi) is 3.07. The van der Waals surface area contributed by atoms with Crippen molar-refractivity contribution in [3.8, 4) is 0 Å². The first kappa shape index (κ1) is 13.9. The average molecular weight is 326 g/mol. The van der Waals surface area contributed by atoms with E-state index in [0.29, 0.717) is 4.90 Å². The van der Waals surface area contributed by atoms with Crippen LogP contribution >= 0.6 is 7.51 Å². The van der Waals surface area contributed by atoms with Crippen molar-refractivity contribution >= 4 is 17.5 Å². The highest BCUT2D eigenvalue weighted by atomic mass is 32.2. The molecule has 0 aromatic heterocycles. The summed E-state index contributed by atoms with van der Waals surface area (Å²) < 4.78 is 36.7. The molecule has 3 fully saturated rings. The Hall–Kier alpha value is -0.720. The number of aryl methyl sites for hydroxylation is 1. The average Bonchev–Trinajstić information content (AvgIpc) is 3.30. The molecule has 1 aromatic carbocycles. The Morgan fingerprint density at radius 1 is 0.905 bits per heavy atom. The summed E-state index contributed by atoms with van der Waals surface area (Å²) in [7, 11) is -5.74. The Bertz CT molecular complexity index is 681. The topological polar surface area (TPSA) is 55.5 Å². The maximum absolute atomic E-state index is 12.7. The van der Waals surface area contributed by atoms with Gasteiger partial charge in [0.05, 0.1) is 4.90 Å². The summed E-state index contributed by atoms with van der Waals surface area (Å²) in [4.78, 5) is 0.308. The lowest BCUT2D eigenvalue weighted by Gasteiger charge is -2.27. The first-order valence-electron chi connectivity index (χ1n) is 7.24. The number of hydrogen-bond acceptors (Lipinski definition) is 2. The standard InChI is InChI=1S/C13H19N4O2PS/c1-12-2-4-13(5-3-12)21(18,19)14-20(15-6-7-15,16-8-9-16)17-10-11-17/h2-5H,6-11H2,1H3. The minimum absolute atomic E-state index is 0.308. The summed E-state index contributed by atoms with van der Waals surface area (Å²) in [6, 6.07) is 6.98. The predicted octanol–water partition coefficient (Wildman–Crippen LogP) is 1.58. The van der Waals surface area contributed by atoms with Gasteiger partial charge in [-0.05, 0) is 19.1 Å². The van der Waals surface area contributed by atoms with Gasteiger partial charge in [0.15, 0.2) is 7.51 Å². The third-order valence-electron chi connectivity index (χ3n) is 3.95. The number of hydrogen-bond donors (Lipinski definition) is 0. The van der Waals surface area contributed by atoms with Crippen molar-refractivity contribution in [2.24, 2.45) is 4.15 Å². The van der Waals surface area contributed by atoms with E-state index < -0.39 is 17.5 Å². The quantitative estimate of drug-likeness (QED) is 0.607. The lowest BCUT2D eigenvalue weighted by Crippen LogP contribution is -2.14. The monoisotopic (exact) mass is 326 g/mol. The molecule has 3 saturated heterocycles. The van der Waals surface area contributed by atoms with Crippen LogP contribution in [0.2, 0.25) is 0 Å². The predicted molar refractivity (Wildman–Crippen MR) is 82.4 cm³/mol. The van der Waals surface area contributed by atoms with Gasteiger partial charge in [0, 0.05) is 39.3 Å². The zero-order valence-corrected chi connectivity index (χ0v) is 13.7. The maximum Gasteiger partial charge on any atom is 0.284 e.